The zero-order valence-corrected chi connectivity index (χ0v) is 15.6. The van der Waals surface area contributed by atoms with Crippen LogP contribution in [0.5, 0.6) is 0 Å². The van der Waals surface area contributed by atoms with E-state index in [4.69, 9.17) is 0 Å². The van der Waals surface area contributed by atoms with Crippen LogP contribution in [0.4, 0.5) is 5.69 Å². The van der Waals surface area contributed by atoms with Crippen molar-refractivity contribution < 1.29 is 9.59 Å². The standard InChI is InChI=1S/C22H27N3O2/c26-21(13-10-17-5-2-1-3-6-17)24-15-18-8-11-20(12-9-18)25-22(27)19-7-4-14-23-16-19/h4,7-9,11-12,14,16-17H,1-3,5-6,10,13,15H2,(H,24,26)(H,25,27). The molecule has 2 N–H and O–H groups in total. The predicted molar refractivity (Wildman–Crippen MR) is 106 cm³/mol. The molecule has 0 aliphatic heterocycles. The SMILES string of the molecule is O=C(CCC1CCCCC1)NCc1ccc(NC(=O)c2cccnc2)cc1. The Morgan fingerprint density at radius 1 is 1.04 bits per heavy atom. The lowest BCUT2D eigenvalue weighted by molar-refractivity contribution is -0.121. The molecule has 1 aromatic carbocycles. The fraction of sp³-hybridized carbons (Fsp3) is 0.409. The number of carbonyl (C=O) groups excluding carboxylic acids is 2. The van der Waals surface area contributed by atoms with Gasteiger partial charge in [-0.15, -0.1) is 0 Å². The molecule has 0 saturated heterocycles. The molecular formula is C22H27N3O2. The van der Waals surface area contributed by atoms with Crippen molar-refractivity contribution in [3.8, 4) is 0 Å². The van der Waals surface area contributed by atoms with Gasteiger partial charge in [-0.2, -0.15) is 0 Å². The Bertz CT molecular complexity index is 738. The van der Waals surface area contributed by atoms with Gasteiger partial charge in [0.25, 0.3) is 5.91 Å². The second kappa shape index (κ2) is 9.86. The van der Waals surface area contributed by atoms with E-state index in [-0.39, 0.29) is 11.8 Å². The maximum absolute atomic E-state index is 12.1. The maximum atomic E-state index is 12.1. The van der Waals surface area contributed by atoms with Gasteiger partial charge in [-0.05, 0) is 42.2 Å². The molecule has 1 fully saturated rings. The van der Waals surface area contributed by atoms with Crippen LogP contribution in [0.3, 0.4) is 0 Å². The first kappa shape index (κ1) is 19.1. The molecule has 0 atom stereocenters. The first-order chi connectivity index (χ1) is 13.2. The molecule has 5 nitrogen and oxygen atoms in total. The van der Waals surface area contributed by atoms with Crippen LogP contribution < -0.4 is 10.6 Å². The van der Waals surface area contributed by atoms with Crippen molar-refractivity contribution in [1.82, 2.24) is 10.3 Å². The number of anilines is 1. The van der Waals surface area contributed by atoms with Gasteiger partial charge in [-0.3, -0.25) is 14.6 Å². The van der Waals surface area contributed by atoms with Crippen molar-refractivity contribution in [2.45, 2.75) is 51.5 Å². The summed E-state index contributed by atoms with van der Waals surface area (Å²) in [7, 11) is 0. The Morgan fingerprint density at radius 3 is 2.52 bits per heavy atom. The van der Waals surface area contributed by atoms with Crippen molar-refractivity contribution >= 4 is 17.5 Å². The van der Waals surface area contributed by atoms with Gasteiger partial charge >= 0.3 is 0 Å². The number of rotatable bonds is 7. The number of amides is 2. The molecule has 27 heavy (non-hydrogen) atoms. The lowest BCUT2D eigenvalue weighted by Gasteiger charge is -2.21. The summed E-state index contributed by atoms with van der Waals surface area (Å²) in [6.45, 7) is 0.514. The highest BCUT2D eigenvalue weighted by molar-refractivity contribution is 6.03. The molecular weight excluding hydrogens is 338 g/mol. The number of pyridine rings is 1. The molecule has 1 aliphatic carbocycles. The minimum Gasteiger partial charge on any atom is -0.352 e. The third-order valence-corrected chi connectivity index (χ3v) is 5.13. The molecule has 0 unspecified atom stereocenters. The van der Waals surface area contributed by atoms with E-state index in [2.05, 4.69) is 15.6 Å². The topological polar surface area (TPSA) is 71.1 Å². The van der Waals surface area contributed by atoms with E-state index in [1.54, 1.807) is 18.3 Å². The minimum absolute atomic E-state index is 0.120. The van der Waals surface area contributed by atoms with Crippen LogP contribution in [-0.2, 0) is 11.3 Å². The van der Waals surface area contributed by atoms with Crippen LogP contribution in [0, 0.1) is 5.92 Å². The highest BCUT2D eigenvalue weighted by Crippen LogP contribution is 2.27. The Hall–Kier alpha value is -2.69. The van der Waals surface area contributed by atoms with Crippen molar-refractivity contribution in [2.24, 2.45) is 5.92 Å². The van der Waals surface area contributed by atoms with E-state index in [1.165, 1.54) is 38.3 Å². The average Bonchev–Trinajstić information content (AvgIpc) is 2.73. The quantitative estimate of drug-likeness (QED) is 0.768. The summed E-state index contributed by atoms with van der Waals surface area (Å²) >= 11 is 0. The number of nitrogens with zero attached hydrogens (tertiary/aromatic N) is 1. The van der Waals surface area contributed by atoms with Crippen LogP contribution in [0.2, 0.25) is 0 Å². The highest BCUT2D eigenvalue weighted by atomic mass is 16.2. The van der Waals surface area contributed by atoms with Gasteiger partial charge in [0, 0.05) is 31.0 Å². The maximum Gasteiger partial charge on any atom is 0.257 e. The van der Waals surface area contributed by atoms with Crippen LogP contribution in [0.25, 0.3) is 0 Å². The van der Waals surface area contributed by atoms with Gasteiger partial charge in [0.05, 0.1) is 5.56 Å². The molecule has 142 valence electrons. The zero-order chi connectivity index (χ0) is 18.9. The molecule has 3 rings (SSSR count). The molecule has 1 aliphatic rings. The first-order valence-electron chi connectivity index (χ1n) is 9.78. The minimum atomic E-state index is -0.188. The number of hydrogen-bond acceptors (Lipinski definition) is 3. The lowest BCUT2D eigenvalue weighted by Crippen LogP contribution is -2.23. The van der Waals surface area contributed by atoms with Crippen molar-refractivity contribution in [3.63, 3.8) is 0 Å². The lowest BCUT2D eigenvalue weighted by atomic mass is 9.86. The normalized spacial score (nSPS) is 14.5. The number of hydrogen-bond donors (Lipinski definition) is 2. The number of benzene rings is 1. The molecule has 1 saturated carbocycles. The molecule has 0 radical (unpaired) electrons. The molecule has 2 amide bonds. The van der Waals surface area contributed by atoms with E-state index in [1.807, 2.05) is 24.3 Å². The molecule has 5 heteroatoms. The number of aromatic nitrogens is 1. The van der Waals surface area contributed by atoms with Gasteiger partial charge in [0.1, 0.15) is 0 Å². The third kappa shape index (κ3) is 6.20. The fourth-order valence-corrected chi connectivity index (χ4v) is 3.51. The summed E-state index contributed by atoms with van der Waals surface area (Å²) < 4.78 is 0. The molecule has 0 bridgehead atoms. The van der Waals surface area contributed by atoms with Gasteiger partial charge in [-0.1, -0.05) is 44.2 Å². The van der Waals surface area contributed by atoms with E-state index in [9.17, 15) is 9.59 Å². The Kier molecular flexibility index (Phi) is 6.97. The summed E-state index contributed by atoms with van der Waals surface area (Å²) in [5.41, 5.74) is 2.25. The monoisotopic (exact) mass is 365 g/mol. The second-order valence-corrected chi connectivity index (χ2v) is 7.21. The van der Waals surface area contributed by atoms with E-state index in [0.717, 1.165) is 23.6 Å². The average molecular weight is 365 g/mol. The highest BCUT2D eigenvalue weighted by Gasteiger charge is 2.14. The van der Waals surface area contributed by atoms with E-state index in [0.29, 0.717) is 18.5 Å². The van der Waals surface area contributed by atoms with Crippen molar-refractivity contribution in [3.05, 3.63) is 59.9 Å². The number of nitrogens with one attached hydrogen (secondary N) is 2. The Balaban J connectivity index is 1.40. The molecule has 1 heterocycles. The molecule has 1 aromatic heterocycles. The fourth-order valence-electron chi connectivity index (χ4n) is 3.51. The van der Waals surface area contributed by atoms with Gasteiger partial charge in [-0.25, -0.2) is 0 Å². The molecule has 2 aromatic rings. The zero-order valence-electron chi connectivity index (χ0n) is 15.6. The smallest absolute Gasteiger partial charge is 0.257 e. The van der Waals surface area contributed by atoms with Gasteiger partial charge in [0.2, 0.25) is 5.91 Å². The first-order valence-corrected chi connectivity index (χ1v) is 9.78. The van der Waals surface area contributed by atoms with Gasteiger partial charge < -0.3 is 10.6 Å². The van der Waals surface area contributed by atoms with E-state index < -0.39 is 0 Å². The summed E-state index contributed by atoms with van der Waals surface area (Å²) in [6.07, 6.45) is 11.3. The molecule has 0 spiro atoms. The van der Waals surface area contributed by atoms with Crippen molar-refractivity contribution in [2.75, 3.05) is 5.32 Å². The summed E-state index contributed by atoms with van der Waals surface area (Å²) in [6, 6.07) is 11.0. The summed E-state index contributed by atoms with van der Waals surface area (Å²) in [5, 5.41) is 5.83. The van der Waals surface area contributed by atoms with Crippen LogP contribution >= 0.6 is 0 Å². The second-order valence-electron chi connectivity index (χ2n) is 7.21. The van der Waals surface area contributed by atoms with E-state index >= 15 is 0 Å². The largest absolute Gasteiger partial charge is 0.352 e. The number of carbonyl (C=O) groups is 2. The van der Waals surface area contributed by atoms with Crippen molar-refractivity contribution in [1.29, 1.82) is 0 Å². The Labute approximate surface area is 160 Å². The predicted octanol–water partition coefficient (Wildman–Crippen LogP) is 4.31. The Morgan fingerprint density at radius 2 is 1.81 bits per heavy atom. The summed E-state index contributed by atoms with van der Waals surface area (Å²) in [5.74, 6) is 0.661. The third-order valence-electron chi connectivity index (χ3n) is 5.13. The summed E-state index contributed by atoms with van der Waals surface area (Å²) in [4.78, 5) is 28.1. The van der Waals surface area contributed by atoms with Gasteiger partial charge in [0.15, 0.2) is 0 Å². The van der Waals surface area contributed by atoms with Crippen LogP contribution in [0.15, 0.2) is 48.8 Å². The van der Waals surface area contributed by atoms with Crippen LogP contribution in [-0.4, -0.2) is 16.8 Å². The van der Waals surface area contributed by atoms with Crippen LogP contribution in [0.1, 0.15) is 60.9 Å².